The number of nitrogens with one attached hydrogen (secondary N) is 2. The van der Waals surface area contributed by atoms with Gasteiger partial charge in [0.05, 0.1) is 94.3 Å². The molecular formula is C105H269N13O21. The van der Waals surface area contributed by atoms with Gasteiger partial charge < -0.3 is 174 Å². The van der Waals surface area contributed by atoms with E-state index in [9.17, 15) is 0 Å². The van der Waals surface area contributed by atoms with Crippen molar-refractivity contribution in [3.8, 4) is 0 Å². The minimum Gasteiger partial charge on any atom is -0.396 e. The summed E-state index contributed by atoms with van der Waals surface area (Å²) < 4.78 is 9.67. The second kappa shape index (κ2) is 225. The van der Waals surface area contributed by atoms with E-state index < -0.39 is 12.2 Å². The van der Waals surface area contributed by atoms with E-state index in [1.54, 1.807) is 7.11 Å². The topological polar surface area (TPSA) is 702 Å². The molecule has 0 aliphatic carbocycles. The van der Waals surface area contributed by atoms with E-state index in [1.807, 2.05) is 110 Å². The van der Waals surface area contributed by atoms with E-state index in [1.165, 1.54) is 39.2 Å². The van der Waals surface area contributed by atoms with Gasteiger partial charge in [0.15, 0.2) is 0 Å². The van der Waals surface area contributed by atoms with Crippen molar-refractivity contribution in [3.05, 3.63) is 12.7 Å². The highest BCUT2D eigenvalue weighted by molar-refractivity contribution is 5.73. The molecule has 0 rings (SSSR count). The Morgan fingerprint density at radius 3 is 0.669 bits per heavy atom. The lowest BCUT2D eigenvalue weighted by Gasteiger charge is -2.05. The molecule has 0 bridgehead atoms. The molecule has 0 amide bonds. The van der Waals surface area contributed by atoms with Crippen molar-refractivity contribution in [2.24, 2.45) is 68.7 Å². The summed E-state index contributed by atoms with van der Waals surface area (Å²) in [5.74, 6) is 1.05. The Labute approximate surface area is 865 Å². The molecule has 0 fully saturated rings. The van der Waals surface area contributed by atoms with Crippen molar-refractivity contribution in [2.75, 3.05) is 167 Å². The van der Waals surface area contributed by atoms with Gasteiger partial charge in [-0.1, -0.05) is 265 Å². The smallest absolute Gasteiger partial charge is 0.0873 e. The van der Waals surface area contributed by atoms with Gasteiger partial charge in [-0.15, -0.1) is 6.58 Å². The summed E-state index contributed by atoms with van der Waals surface area (Å²) in [6, 6.07) is -0.00926. The molecule has 0 saturated heterocycles. The largest absolute Gasteiger partial charge is 0.396 e. The monoisotopic (exact) mass is 2050 g/mol. The number of nitrogens with two attached hydrogens (primary N) is 10. The number of aliphatic hydroxyl groups excluding tert-OH is 19. The van der Waals surface area contributed by atoms with Gasteiger partial charge in [-0.25, -0.2) is 0 Å². The third kappa shape index (κ3) is 471. The molecule has 41 N–H and O–H groups in total. The fourth-order valence-electron chi connectivity index (χ4n) is 5.09. The fraction of sp³-hybridized carbons (Fsp3) is 0.971. The highest BCUT2D eigenvalue weighted by Crippen LogP contribution is 2.08. The second-order valence-corrected chi connectivity index (χ2v) is 33.1. The van der Waals surface area contributed by atoms with Gasteiger partial charge in [0.25, 0.3) is 0 Å². The van der Waals surface area contributed by atoms with Crippen LogP contribution in [0.25, 0.3) is 0 Å². The molecule has 0 aromatic heterocycles. The Balaban J connectivity index is -0.0000000425. The maximum Gasteiger partial charge on any atom is 0.0873 e. The zero-order valence-corrected chi connectivity index (χ0v) is 99.1. The predicted molar refractivity (Wildman–Crippen MR) is 611 cm³/mol. The Bertz CT molecular complexity index is 1400. The van der Waals surface area contributed by atoms with Gasteiger partial charge in [0.2, 0.25) is 0 Å². The van der Waals surface area contributed by atoms with Crippen LogP contribution in [0.3, 0.4) is 0 Å². The van der Waals surface area contributed by atoms with Crippen LogP contribution >= 0.6 is 0 Å². The molecule has 139 heavy (non-hydrogen) atoms. The van der Waals surface area contributed by atoms with Crippen LogP contribution in [0.5, 0.6) is 0 Å². The number of allylic oxidation sites excluding steroid dienone is 1. The average Bonchev–Trinajstić information content (AvgIpc) is 1.07. The van der Waals surface area contributed by atoms with E-state index in [2.05, 4.69) is 149 Å². The van der Waals surface area contributed by atoms with Crippen LogP contribution in [-0.2, 0) is 9.47 Å². The number of hydrogen-bond acceptors (Lipinski definition) is 33. The summed E-state index contributed by atoms with van der Waals surface area (Å²) in [7, 11) is 7.85. The Morgan fingerprint density at radius 2 is 0.633 bits per heavy atom. The SMILES string of the molecule is C=CCC.CC.CC(=N)N.CC(C)(C)C.CCC(C)C.CCCCCO.CCCCO.CCCN.CCCN(C)C.CCCNC.CCCO.CCCOC.CCCOCC.CCC[C@@H](N)CO.CCC[C@@H](O)CN.CCC[C@H](N)CO.CCC[C@H](O)CN.CC[C@@H](N)CO.CC[C@@H](O)CCO.CC[C@@H](O)CN.CC[C@@H](O)CO.CC[C@H](N)CO.CC[C@H](O)CCO.CC[C@H](O)CN.CC[C@H](O)CO. The molecule has 0 unspecified atom stereocenters. The number of unbranched alkanes of at least 4 members (excludes halogenated alkanes) is 3. The number of methoxy groups -OCH3 is 1. The van der Waals surface area contributed by atoms with Crippen molar-refractivity contribution in [1.29, 1.82) is 5.41 Å². The van der Waals surface area contributed by atoms with Crippen LogP contribution in [0.1, 0.15) is 421 Å². The summed E-state index contributed by atoms with van der Waals surface area (Å²) in [5.41, 5.74) is 51.6. The van der Waals surface area contributed by atoms with Crippen molar-refractivity contribution in [2.45, 2.75) is 494 Å². The second-order valence-electron chi connectivity index (χ2n) is 33.1. The molecule has 0 aromatic carbocycles. The van der Waals surface area contributed by atoms with Gasteiger partial charge in [-0.3, -0.25) is 5.41 Å². The fourth-order valence-corrected chi connectivity index (χ4v) is 5.09. The summed E-state index contributed by atoms with van der Waals surface area (Å²) in [5, 5.41) is 168. The third-order valence-corrected chi connectivity index (χ3v) is 14.8. The lowest BCUT2D eigenvalue weighted by molar-refractivity contribution is 0.0923. The quantitative estimate of drug-likeness (QED) is 0.0116. The van der Waals surface area contributed by atoms with E-state index >= 15 is 0 Å². The standard InChI is InChI=1S/4C5H13NO.C5H13N.2C5H12O2.2C5H12O.2C5H12.4C4H11NO.C4H11N.2C4H10O2.2C4H10O.C4H8.C3H9N.C3H8O.C2H6N2.C2H6/c2*1-2-3-5(6)4-7;2*1-2-3-5(7)4-6;1-4-5-6(2)3;2*1-2-5(7)3-4-6;1-3-5-6-4-2;1-2-3-4-5-6;1-5(2,3)4;1-4-5(2)3;2*1-2-4(5)3-6;2*1-2-4(6)3-5;1-3-4-5-2;2*1-2-4(6)3-5;1-3-4-5-2;1-2-3-4-5;1-3-4-2;2*1-2-3-4;1-2(3)4;1-2/h4*5,7H,2-4,6H2,1H3;4-5H2,1-3H3;2*5-7H,2-4H2,1H3;3-5H2,1-2H3;6H,2-5H2,1H3;1-4H3;5H,4H2,1-3H3;4*4,6H,2-3,5H2,1H3;5H,3-4H2,1-2H3;2*4-6H,2-3H2,1H3;3-4H2,1-2H3;5H,2-4H2,1H3;3H,1,4H2,2H3;2-4H2,1H3;4H,2-3H2,1H3;1H3,(H3,3,4);1-2H3/t4*5-;;2*5-;;;;;4*4-;;2*4-;;;;;;;/m1010.10....1010.10......./s1. The van der Waals surface area contributed by atoms with Gasteiger partial charge in [0.1, 0.15) is 0 Å². The first kappa shape index (κ1) is 202. The number of ether oxygens (including phenoxy) is 2. The van der Waals surface area contributed by atoms with Gasteiger partial charge in [-0.05, 0) is 214 Å². The molecule has 880 valence electrons. The highest BCUT2D eigenvalue weighted by atomic mass is 16.5. The summed E-state index contributed by atoms with van der Waals surface area (Å²) in [4.78, 5) is 2.18. The number of aliphatic hydroxyl groups is 19. The van der Waals surface area contributed by atoms with Crippen molar-refractivity contribution < 1.29 is 106 Å². The van der Waals surface area contributed by atoms with Crippen molar-refractivity contribution in [1.82, 2.24) is 10.2 Å². The molecule has 0 aliphatic heterocycles. The van der Waals surface area contributed by atoms with E-state index in [-0.39, 0.29) is 119 Å². The maximum absolute atomic E-state index is 8.73. The molecule has 34 heteroatoms. The lowest BCUT2D eigenvalue weighted by atomic mass is 10.0. The predicted octanol–water partition coefficient (Wildman–Crippen LogP) is 12.5. The van der Waals surface area contributed by atoms with E-state index in [0.29, 0.717) is 77.1 Å². The van der Waals surface area contributed by atoms with Crippen LogP contribution in [0.15, 0.2) is 12.7 Å². The van der Waals surface area contributed by atoms with Gasteiger partial charge in [0, 0.05) is 110 Å². The molecule has 0 heterocycles. The normalized spacial score (nSPS) is 11.8. The van der Waals surface area contributed by atoms with Crippen molar-refractivity contribution in [3.63, 3.8) is 0 Å². The van der Waals surface area contributed by atoms with Gasteiger partial charge in [-0.2, -0.15) is 0 Å². The average molecular weight is 2050 g/mol. The van der Waals surface area contributed by atoms with Gasteiger partial charge >= 0.3 is 0 Å². The molecule has 0 aromatic rings. The molecule has 12 atom stereocenters. The van der Waals surface area contributed by atoms with Crippen LogP contribution in [-0.4, -0.2) is 347 Å². The number of rotatable bonds is 48. The summed E-state index contributed by atoms with van der Waals surface area (Å²) in [6.07, 6.45) is 28.3. The number of amidine groups is 1. The summed E-state index contributed by atoms with van der Waals surface area (Å²) >= 11 is 0. The Morgan fingerprint density at radius 1 is 0.367 bits per heavy atom. The summed E-state index contributed by atoms with van der Waals surface area (Å²) in [6.45, 7) is 77.2. The van der Waals surface area contributed by atoms with E-state index in [4.69, 9.17) is 169 Å². The zero-order chi connectivity index (χ0) is 116. The zero-order valence-electron chi connectivity index (χ0n) is 99.1. The third-order valence-electron chi connectivity index (χ3n) is 14.8. The molecular weight excluding hydrogens is 1780 g/mol. The van der Waals surface area contributed by atoms with E-state index in [0.717, 1.165) is 187 Å². The minimum absolute atomic E-state index is 0.00463. The molecule has 0 aliphatic rings. The Kier molecular flexibility index (Phi) is 327. The highest BCUT2D eigenvalue weighted by Gasteiger charge is 2.01. The first-order valence-electron chi connectivity index (χ1n) is 53.2. The van der Waals surface area contributed by atoms with Crippen molar-refractivity contribution >= 4 is 5.84 Å². The number of hydrogen-bond donors (Lipinski definition) is 31. The molecule has 0 spiro atoms. The van der Waals surface area contributed by atoms with Crippen LogP contribution in [0, 0.1) is 16.7 Å². The molecule has 0 radical (unpaired) electrons. The molecule has 34 nitrogen and oxygen atoms in total. The van der Waals surface area contributed by atoms with Crippen LogP contribution in [0.4, 0.5) is 0 Å². The Hall–Kier alpha value is -2.07. The first-order valence-corrected chi connectivity index (χ1v) is 53.2. The minimum atomic E-state index is -0.509. The molecule has 0 saturated carbocycles. The maximum atomic E-state index is 8.73. The van der Waals surface area contributed by atoms with Crippen LogP contribution in [0.2, 0.25) is 0 Å². The number of nitrogens with zero attached hydrogens (tertiary/aromatic N) is 1. The first-order chi connectivity index (χ1) is 65.3. The van der Waals surface area contributed by atoms with Crippen LogP contribution < -0.4 is 62.7 Å². The lowest BCUT2D eigenvalue weighted by Crippen LogP contribution is -2.23.